The Kier molecular flexibility index (Phi) is 8.21. The fourth-order valence-electron chi connectivity index (χ4n) is 5.36. The van der Waals surface area contributed by atoms with Crippen LogP contribution in [0.2, 0.25) is 0 Å². The predicted molar refractivity (Wildman–Crippen MR) is 129 cm³/mol. The lowest BCUT2D eigenvalue weighted by Crippen LogP contribution is -2.31. The molecule has 0 bridgehead atoms. The van der Waals surface area contributed by atoms with Crippen LogP contribution in [0.15, 0.2) is 48.5 Å². The van der Waals surface area contributed by atoms with Gasteiger partial charge in [-0.15, -0.1) is 0 Å². The Morgan fingerprint density at radius 2 is 1.32 bits per heavy atom. The van der Waals surface area contributed by atoms with Crippen molar-refractivity contribution in [2.75, 3.05) is 13.2 Å². The average molecular weight is 421 g/mol. The third-order valence-corrected chi connectivity index (χ3v) is 7.39. The van der Waals surface area contributed by atoms with Crippen LogP contribution in [0, 0.1) is 5.92 Å². The molecule has 1 aliphatic carbocycles. The second kappa shape index (κ2) is 11.3. The van der Waals surface area contributed by atoms with Gasteiger partial charge in [-0.25, -0.2) is 0 Å². The second-order valence-corrected chi connectivity index (χ2v) is 9.67. The van der Waals surface area contributed by atoms with E-state index in [0.717, 1.165) is 18.3 Å². The van der Waals surface area contributed by atoms with Gasteiger partial charge in [-0.2, -0.15) is 0 Å². The molecule has 2 nitrogen and oxygen atoms in total. The van der Waals surface area contributed by atoms with E-state index in [1.807, 2.05) is 0 Å². The lowest BCUT2D eigenvalue weighted by atomic mass is 9.77. The molecule has 1 saturated heterocycles. The first kappa shape index (κ1) is 22.6. The standard InChI is InChI=1S/C29H40O2/c1-3-5-7-28-20-31-29(21-30-28)27-18-16-26(17-19-27)25-14-12-24(13-15-25)23-10-8-22(6-4-2)9-11-23/h12-19,22-23,28-29H,3-11,20-21H2,1-2H3. The van der Waals surface area contributed by atoms with Crippen molar-refractivity contribution in [3.8, 4) is 11.1 Å². The zero-order chi connectivity index (χ0) is 21.5. The first-order valence-corrected chi connectivity index (χ1v) is 12.7. The average Bonchev–Trinajstić information content (AvgIpc) is 2.84. The number of hydrogen-bond donors (Lipinski definition) is 0. The lowest BCUT2D eigenvalue weighted by Gasteiger charge is -2.30. The normalized spacial score (nSPS) is 26.6. The molecule has 1 saturated carbocycles. The molecule has 0 radical (unpaired) electrons. The van der Waals surface area contributed by atoms with E-state index in [9.17, 15) is 0 Å². The highest BCUT2D eigenvalue weighted by molar-refractivity contribution is 5.64. The topological polar surface area (TPSA) is 18.5 Å². The van der Waals surface area contributed by atoms with Crippen LogP contribution in [0.3, 0.4) is 0 Å². The molecule has 2 aromatic carbocycles. The molecule has 168 valence electrons. The largest absolute Gasteiger partial charge is 0.373 e. The van der Waals surface area contributed by atoms with Crippen LogP contribution >= 0.6 is 0 Å². The van der Waals surface area contributed by atoms with E-state index < -0.39 is 0 Å². The van der Waals surface area contributed by atoms with E-state index in [1.54, 1.807) is 0 Å². The molecule has 2 atom stereocenters. The summed E-state index contributed by atoms with van der Waals surface area (Å²) in [6.07, 6.45) is 12.2. The Bertz CT molecular complexity index is 763. The van der Waals surface area contributed by atoms with Crippen LogP contribution < -0.4 is 0 Å². The zero-order valence-corrected chi connectivity index (χ0v) is 19.5. The molecule has 4 rings (SSSR count). The van der Waals surface area contributed by atoms with Gasteiger partial charge in [-0.05, 0) is 66.2 Å². The Balaban J connectivity index is 1.31. The van der Waals surface area contributed by atoms with E-state index in [-0.39, 0.29) is 12.2 Å². The van der Waals surface area contributed by atoms with Gasteiger partial charge in [-0.1, -0.05) is 88.1 Å². The van der Waals surface area contributed by atoms with Gasteiger partial charge in [0, 0.05) is 0 Å². The van der Waals surface area contributed by atoms with Crippen LogP contribution in [0.4, 0.5) is 0 Å². The van der Waals surface area contributed by atoms with Gasteiger partial charge < -0.3 is 9.47 Å². The molecule has 0 aromatic heterocycles. The fraction of sp³-hybridized carbons (Fsp3) is 0.586. The molecule has 1 aliphatic heterocycles. The van der Waals surface area contributed by atoms with Crippen molar-refractivity contribution in [1.82, 2.24) is 0 Å². The smallest absolute Gasteiger partial charge is 0.106 e. The highest BCUT2D eigenvalue weighted by Gasteiger charge is 2.23. The van der Waals surface area contributed by atoms with Gasteiger partial charge in [-0.3, -0.25) is 0 Å². The summed E-state index contributed by atoms with van der Waals surface area (Å²) in [6.45, 7) is 5.93. The molecule has 2 unspecified atom stereocenters. The molecule has 1 heterocycles. The Labute approximate surface area is 189 Å². The van der Waals surface area contributed by atoms with Gasteiger partial charge in [0.1, 0.15) is 6.10 Å². The zero-order valence-electron chi connectivity index (χ0n) is 19.5. The molecule has 2 heteroatoms. The third kappa shape index (κ3) is 5.99. The molecular formula is C29H40O2. The summed E-state index contributed by atoms with van der Waals surface area (Å²) in [6, 6.07) is 18.2. The predicted octanol–water partition coefficient (Wildman–Crippen LogP) is 8.07. The van der Waals surface area contributed by atoms with Gasteiger partial charge in [0.15, 0.2) is 0 Å². The highest BCUT2D eigenvalue weighted by atomic mass is 16.6. The maximum absolute atomic E-state index is 6.10. The molecule has 0 N–H and O–H groups in total. The van der Waals surface area contributed by atoms with Gasteiger partial charge in [0.25, 0.3) is 0 Å². The molecule has 0 amide bonds. The van der Waals surface area contributed by atoms with Gasteiger partial charge >= 0.3 is 0 Å². The van der Waals surface area contributed by atoms with Crippen LogP contribution in [0.5, 0.6) is 0 Å². The summed E-state index contributed by atoms with van der Waals surface area (Å²) in [7, 11) is 0. The summed E-state index contributed by atoms with van der Waals surface area (Å²) >= 11 is 0. The van der Waals surface area contributed by atoms with Gasteiger partial charge in [0.05, 0.1) is 19.3 Å². The number of hydrogen-bond acceptors (Lipinski definition) is 2. The van der Waals surface area contributed by atoms with Crippen LogP contribution in [-0.2, 0) is 9.47 Å². The van der Waals surface area contributed by atoms with Crippen molar-refractivity contribution in [2.24, 2.45) is 5.92 Å². The third-order valence-electron chi connectivity index (χ3n) is 7.39. The van der Waals surface area contributed by atoms with Crippen molar-refractivity contribution in [2.45, 2.75) is 89.8 Å². The summed E-state index contributed by atoms with van der Waals surface area (Å²) < 4.78 is 12.1. The number of unbranched alkanes of at least 4 members (excludes halogenated alkanes) is 1. The maximum atomic E-state index is 6.10. The SMILES string of the molecule is CCCCC1COC(c2ccc(-c3ccc(C4CCC(CCC)CC4)cc3)cc2)CO1. The summed E-state index contributed by atoms with van der Waals surface area (Å²) in [5.74, 6) is 1.73. The second-order valence-electron chi connectivity index (χ2n) is 9.67. The molecule has 2 aromatic rings. The minimum absolute atomic E-state index is 0.0668. The van der Waals surface area contributed by atoms with Crippen molar-refractivity contribution in [3.63, 3.8) is 0 Å². The number of rotatable bonds is 8. The molecular weight excluding hydrogens is 380 g/mol. The Hall–Kier alpha value is -1.64. The van der Waals surface area contributed by atoms with E-state index >= 15 is 0 Å². The molecule has 2 aliphatic rings. The van der Waals surface area contributed by atoms with Crippen LogP contribution in [-0.4, -0.2) is 19.3 Å². The molecule has 31 heavy (non-hydrogen) atoms. The van der Waals surface area contributed by atoms with E-state index in [1.165, 1.54) is 73.6 Å². The lowest BCUT2D eigenvalue weighted by molar-refractivity contribution is -0.137. The number of ether oxygens (including phenoxy) is 2. The minimum atomic E-state index is 0.0668. The van der Waals surface area contributed by atoms with E-state index in [2.05, 4.69) is 62.4 Å². The van der Waals surface area contributed by atoms with Crippen LogP contribution in [0.25, 0.3) is 11.1 Å². The Morgan fingerprint density at radius 1 is 0.677 bits per heavy atom. The highest BCUT2D eigenvalue weighted by Crippen LogP contribution is 2.38. The summed E-state index contributed by atoms with van der Waals surface area (Å²) in [4.78, 5) is 0. The molecule has 0 spiro atoms. The fourth-order valence-corrected chi connectivity index (χ4v) is 5.36. The van der Waals surface area contributed by atoms with E-state index in [0.29, 0.717) is 13.2 Å². The van der Waals surface area contributed by atoms with Crippen molar-refractivity contribution in [3.05, 3.63) is 59.7 Å². The first-order valence-electron chi connectivity index (χ1n) is 12.7. The first-order chi connectivity index (χ1) is 15.3. The molecule has 2 fully saturated rings. The van der Waals surface area contributed by atoms with Crippen molar-refractivity contribution in [1.29, 1.82) is 0 Å². The van der Waals surface area contributed by atoms with Crippen molar-refractivity contribution < 1.29 is 9.47 Å². The monoisotopic (exact) mass is 420 g/mol. The van der Waals surface area contributed by atoms with E-state index in [4.69, 9.17) is 9.47 Å². The van der Waals surface area contributed by atoms with Crippen molar-refractivity contribution >= 4 is 0 Å². The minimum Gasteiger partial charge on any atom is -0.373 e. The number of benzene rings is 2. The van der Waals surface area contributed by atoms with Crippen LogP contribution in [0.1, 0.15) is 94.8 Å². The Morgan fingerprint density at radius 3 is 1.87 bits per heavy atom. The summed E-state index contributed by atoms with van der Waals surface area (Å²) in [5, 5.41) is 0. The maximum Gasteiger partial charge on any atom is 0.106 e. The van der Waals surface area contributed by atoms with Gasteiger partial charge in [0.2, 0.25) is 0 Å². The summed E-state index contributed by atoms with van der Waals surface area (Å²) in [5.41, 5.74) is 5.33. The quantitative estimate of drug-likeness (QED) is 0.430.